The van der Waals surface area contributed by atoms with Gasteiger partial charge in [0.05, 0.1) is 17.5 Å². The van der Waals surface area contributed by atoms with Crippen LogP contribution in [0.4, 0.5) is 5.69 Å². The zero-order valence-corrected chi connectivity index (χ0v) is 25.6. The highest BCUT2D eigenvalue weighted by Crippen LogP contribution is 2.45. The number of carbonyl (C=O) groups is 2. The second kappa shape index (κ2) is 14.0. The van der Waals surface area contributed by atoms with Crippen molar-refractivity contribution in [2.45, 2.75) is 56.8 Å². The average Bonchev–Trinajstić information content (AvgIpc) is 2.98. The summed E-state index contributed by atoms with van der Waals surface area (Å²) in [5.41, 5.74) is 12.6. The van der Waals surface area contributed by atoms with Gasteiger partial charge in [-0.15, -0.1) is 0 Å². The molecule has 2 aliphatic rings. The van der Waals surface area contributed by atoms with E-state index in [1.54, 1.807) is 43.3 Å². The number of nitrogens with two attached hydrogens (primary N) is 1. The van der Waals surface area contributed by atoms with Crippen LogP contribution >= 0.6 is 0 Å². The molecule has 2 aromatic carbocycles. The topological polar surface area (TPSA) is 203 Å². The van der Waals surface area contributed by atoms with Crippen LogP contribution in [-0.4, -0.2) is 54.5 Å². The van der Waals surface area contributed by atoms with Gasteiger partial charge in [-0.05, 0) is 74.9 Å². The minimum Gasteiger partial charge on any atom is -0.481 e. The summed E-state index contributed by atoms with van der Waals surface area (Å²) in [5.74, 6) is -2.10. The van der Waals surface area contributed by atoms with Crippen molar-refractivity contribution in [3.05, 3.63) is 65.0 Å². The van der Waals surface area contributed by atoms with Crippen LogP contribution in [-0.2, 0) is 14.8 Å². The fraction of sp³-hybridized carbons (Fsp3) is 0.344. The standard InChI is InChI=1S/C32H38N4O7S/c1-20-25(34)15-13-23-28(21-10-5-6-11-22(21)32(39)40)24-14-16-26(35)31(30(24)43-29(20)23)44(41,42)36(19-9-3-7-17-33)18-8-2-4-12-27(37)38/h5-6,10-11,13-16,35H,2-4,7-9,12,17-19,33-34H2,1H3,(H,37,38)(H,39,40)/p+1. The van der Waals surface area contributed by atoms with Crippen LogP contribution in [0.3, 0.4) is 0 Å². The summed E-state index contributed by atoms with van der Waals surface area (Å²) in [5, 5.41) is 28.1. The van der Waals surface area contributed by atoms with E-state index in [9.17, 15) is 23.1 Å². The smallest absolute Gasteiger partial charge is 0.336 e. The molecule has 1 aliphatic carbocycles. The Morgan fingerprint density at radius 1 is 0.932 bits per heavy atom. The maximum atomic E-state index is 14.4. The Hall–Kier alpha value is -4.26. The molecule has 44 heavy (non-hydrogen) atoms. The number of hydrogen-bond acceptors (Lipinski definition) is 7. The maximum absolute atomic E-state index is 14.4. The predicted octanol–water partition coefficient (Wildman–Crippen LogP) is 4.32. The Kier molecular flexibility index (Phi) is 10.4. The summed E-state index contributed by atoms with van der Waals surface area (Å²) in [6.07, 6.45) is 3.63. The molecule has 0 spiro atoms. The van der Waals surface area contributed by atoms with Gasteiger partial charge in [0, 0.05) is 47.3 Å². The van der Waals surface area contributed by atoms with E-state index in [-0.39, 0.29) is 41.1 Å². The van der Waals surface area contributed by atoms with E-state index in [0.717, 1.165) is 19.4 Å². The molecule has 12 heteroatoms. The van der Waals surface area contributed by atoms with Crippen LogP contribution in [0.2, 0.25) is 0 Å². The second-order valence-electron chi connectivity index (χ2n) is 10.8. The predicted molar refractivity (Wildman–Crippen MR) is 167 cm³/mol. The highest BCUT2D eigenvalue weighted by Gasteiger charge is 2.33. The van der Waals surface area contributed by atoms with Crippen LogP contribution in [0.25, 0.3) is 33.4 Å². The van der Waals surface area contributed by atoms with Crippen molar-refractivity contribution in [3.63, 3.8) is 0 Å². The van der Waals surface area contributed by atoms with E-state index < -0.39 is 22.0 Å². The summed E-state index contributed by atoms with van der Waals surface area (Å²) in [7, 11) is -4.29. The van der Waals surface area contributed by atoms with Crippen LogP contribution < -0.4 is 16.8 Å². The minimum absolute atomic E-state index is 0.00543. The first kappa shape index (κ1) is 32.6. The number of carboxylic acid groups (broad SMARTS) is 2. The minimum atomic E-state index is -4.29. The van der Waals surface area contributed by atoms with Gasteiger partial charge in [0.1, 0.15) is 5.58 Å². The number of aliphatic carboxylic acids is 1. The molecular formula is C32H39N4O7S+. The Morgan fingerprint density at radius 2 is 1.61 bits per heavy atom. The van der Waals surface area contributed by atoms with Crippen LogP contribution in [0.15, 0.2) is 57.8 Å². The zero-order chi connectivity index (χ0) is 32.0. The molecule has 8 N–H and O–H groups in total. The molecule has 0 saturated carbocycles. The Balaban J connectivity index is 1.94. The average molecular weight is 624 g/mol. The molecule has 2 aromatic rings. The van der Waals surface area contributed by atoms with Gasteiger partial charge >= 0.3 is 11.9 Å². The number of quaternary nitrogens is 1. The Bertz CT molecular complexity index is 1820. The number of nitrogen functional groups attached to an aromatic ring is 1. The summed E-state index contributed by atoms with van der Waals surface area (Å²) >= 11 is 0. The van der Waals surface area contributed by atoms with Crippen molar-refractivity contribution in [1.29, 1.82) is 5.41 Å². The molecule has 1 aliphatic heterocycles. The molecule has 4 rings (SSSR count). The molecule has 0 fully saturated rings. The van der Waals surface area contributed by atoms with Crippen molar-refractivity contribution in [3.8, 4) is 22.5 Å². The number of fused-ring (bicyclic) bond motifs is 2. The SMILES string of the molecule is Cc1c(N)ccc2c(-c3ccccc3C(=O)O)c3ccc(=N)c(S(=O)(=O)N(CCCCC[NH3+])CCCCCC(=O)O)c-3oc12. The molecule has 0 unspecified atom stereocenters. The van der Waals surface area contributed by atoms with Gasteiger partial charge in [0.15, 0.2) is 10.7 Å². The molecule has 0 atom stereocenters. The summed E-state index contributed by atoms with van der Waals surface area (Å²) in [6, 6.07) is 12.9. The van der Waals surface area contributed by atoms with E-state index in [4.69, 9.17) is 20.7 Å². The van der Waals surface area contributed by atoms with E-state index >= 15 is 0 Å². The first-order valence-corrected chi connectivity index (χ1v) is 16.1. The summed E-state index contributed by atoms with van der Waals surface area (Å²) < 4.78 is 36.6. The third-order valence-electron chi connectivity index (χ3n) is 7.78. The first-order valence-electron chi connectivity index (χ1n) is 14.7. The van der Waals surface area contributed by atoms with Crippen LogP contribution in [0.5, 0.6) is 0 Å². The highest BCUT2D eigenvalue weighted by molar-refractivity contribution is 7.89. The number of aromatic carboxylic acids is 1. The molecular weight excluding hydrogens is 584 g/mol. The molecule has 0 amide bonds. The third kappa shape index (κ3) is 6.77. The molecule has 234 valence electrons. The number of aryl methyl sites for hydroxylation is 1. The van der Waals surface area contributed by atoms with Gasteiger partial charge in [-0.25, -0.2) is 13.2 Å². The number of sulfonamides is 1. The number of benzene rings is 3. The van der Waals surface area contributed by atoms with Crippen molar-refractivity contribution in [2.75, 3.05) is 25.4 Å². The zero-order valence-electron chi connectivity index (χ0n) is 24.8. The molecule has 0 saturated heterocycles. The van der Waals surface area contributed by atoms with E-state index in [1.165, 1.54) is 16.4 Å². The van der Waals surface area contributed by atoms with Crippen molar-refractivity contribution in [2.24, 2.45) is 0 Å². The fourth-order valence-electron chi connectivity index (χ4n) is 5.44. The molecule has 0 aromatic heterocycles. The quantitative estimate of drug-likeness (QED) is 0.0731. The maximum Gasteiger partial charge on any atom is 0.336 e. The number of rotatable bonds is 15. The Morgan fingerprint density at radius 3 is 2.27 bits per heavy atom. The number of nitrogens with one attached hydrogen (secondary N) is 1. The fourth-order valence-corrected chi connectivity index (χ4v) is 7.17. The largest absolute Gasteiger partial charge is 0.481 e. The molecule has 0 bridgehead atoms. The van der Waals surface area contributed by atoms with Crippen LogP contribution in [0, 0.1) is 12.3 Å². The van der Waals surface area contributed by atoms with Crippen molar-refractivity contribution >= 4 is 38.6 Å². The number of anilines is 1. The first-order chi connectivity index (χ1) is 21.0. The third-order valence-corrected chi connectivity index (χ3v) is 9.75. The van der Waals surface area contributed by atoms with Crippen molar-refractivity contribution < 1.29 is 38.4 Å². The van der Waals surface area contributed by atoms with E-state index in [0.29, 0.717) is 64.6 Å². The van der Waals surface area contributed by atoms with Crippen molar-refractivity contribution in [1.82, 2.24) is 4.31 Å². The number of carboxylic acids is 2. The lowest BCUT2D eigenvalue weighted by atomic mass is 9.90. The van der Waals surface area contributed by atoms with Gasteiger partial charge < -0.3 is 26.1 Å². The van der Waals surface area contributed by atoms with Gasteiger partial charge in [-0.1, -0.05) is 24.6 Å². The van der Waals surface area contributed by atoms with Gasteiger partial charge in [0.25, 0.3) is 0 Å². The van der Waals surface area contributed by atoms with Crippen LogP contribution in [0.1, 0.15) is 60.9 Å². The lowest BCUT2D eigenvalue weighted by molar-refractivity contribution is -0.368. The number of nitrogens with zero attached hydrogens (tertiary/aromatic N) is 1. The molecule has 1 heterocycles. The number of unbranched alkanes of at least 4 members (excludes halogenated alkanes) is 4. The highest BCUT2D eigenvalue weighted by atomic mass is 32.2. The lowest BCUT2D eigenvalue weighted by Crippen LogP contribution is -2.50. The normalized spacial score (nSPS) is 11.9. The van der Waals surface area contributed by atoms with Gasteiger partial charge in [0.2, 0.25) is 10.0 Å². The van der Waals surface area contributed by atoms with E-state index in [1.807, 2.05) is 0 Å². The lowest BCUT2D eigenvalue weighted by Gasteiger charge is -2.25. The van der Waals surface area contributed by atoms with E-state index in [2.05, 4.69) is 5.73 Å². The summed E-state index contributed by atoms with van der Waals surface area (Å²) in [6.45, 7) is 2.84. The second-order valence-corrected chi connectivity index (χ2v) is 12.7. The molecule has 11 nitrogen and oxygen atoms in total. The number of hydrogen-bond donors (Lipinski definition) is 5. The molecule has 0 radical (unpaired) electrons. The monoisotopic (exact) mass is 623 g/mol. The summed E-state index contributed by atoms with van der Waals surface area (Å²) in [4.78, 5) is 22.9. The van der Waals surface area contributed by atoms with Gasteiger partial charge in [-0.3, -0.25) is 10.2 Å². The van der Waals surface area contributed by atoms with Gasteiger partial charge in [-0.2, -0.15) is 4.31 Å². The Labute approximate surface area is 256 Å².